The van der Waals surface area contributed by atoms with Gasteiger partial charge in [0.15, 0.2) is 0 Å². The first-order valence-corrected chi connectivity index (χ1v) is 12.7. The first-order chi connectivity index (χ1) is 18.1. The maximum Gasteiger partial charge on any atom is 0.301 e. The minimum atomic E-state index is -0.431. The Morgan fingerprint density at radius 2 is 2.00 bits per heavy atom. The van der Waals surface area contributed by atoms with Crippen LogP contribution in [-0.4, -0.2) is 63.6 Å². The van der Waals surface area contributed by atoms with Crippen molar-refractivity contribution < 1.29 is 9.53 Å². The molecule has 2 N–H and O–H groups in total. The Labute approximate surface area is 223 Å². The first kappa shape index (κ1) is 24.9. The predicted octanol–water partition coefficient (Wildman–Crippen LogP) is 4.24. The van der Waals surface area contributed by atoms with Gasteiger partial charge in [-0.05, 0) is 42.3 Å². The third-order valence-corrected chi connectivity index (χ3v) is 6.87. The molecule has 1 amide bonds. The lowest BCUT2D eigenvalue weighted by atomic mass is 10.2. The molecule has 4 heterocycles. The molecule has 11 heteroatoms. The van der Waals surface area contributed by atoms with Gasteiger partial charge in [0, 0.05) is 35.3 Å². The maximum absolute atomic E-state index is 12.3. The number of fused-ring (bicyclic) bond motifs is 1. The third kappa shape index (κ3) is 6.72. The van der Waals surface area contributed by atoms with Gasteiger partial charge in [-0.25, -0.2) is 19.9 Å². The van der Waals surface area contributed by atoms with E-state index >= 15 is 0 Å². The van der Waals surface area contributed by atoms with E-state index in [0.29, 0.717) is 47.3 Å². The van der Waals surface area contributed by atoms with Crippen LogP contribution in [0.25, 0.3) is 10.9 Å². The van der Waals surface area contributed by atoms with Crippen LogP contribution >= 0.6 is 23.4 Å². The number of ether oxygens (including phenoxy) is 1. The molecule has 5 rings (SSSR count). The van der Waals surface area contributed by atoms with Crippen molar-refractivity contribution in [3.63, 3.8) is 0 Å². The summed E-state index contributed by atoms with van der Waals surface area (Å²) in [6, 6.07) is 13.1. The molecule has 0 atom stereocenters. The van der Waals surface area contributed by atoms with Gasteiger partial charge in [0.2, 0.25) is 0 Å². The van der Waals surface area contributed by atoms with Gasteiger partial charge in [-0.15, -0.1) is 0 Å². The fraction of sp³-hybridized carbons (Fsp3) is 0.192. The van der Waals surface area contributed by atoms with Crippen LogP contribution in [-0.2, 0) is 9.53 Å². The zero-order chi connectivity index (χ0) is 25.5. The van der Waals surface area contributed by atoms with Gasteiger partial charge in [-0.2, -0.15) is 0 Å². The molecule has 0 radical (unpaired) electrons. The summed E-state index contributed by atoms with van der Waals surface area (Å²) >= 11 is 8.03. The monoisotopic (exact) mass is 531 g/mol. The highest BCUT2D eigenvalue weighted by Gasteiger charge is 2.11. The van der Waals surface area contributed by atoms with Crippen molar-refractivity contribution >= 4 is 57.5 Å². The SMILES string of the molecule is O=C(C#CCN1CCOCC1)Nc1cc2c(Nc3ccc(Sc4ccccn4)c(Cl)c3)ncnc2cn1. The Hall–Kier alpha value is -3.75. The fourth-order valence-electron chi connectivity index (χ4n) is 3.58. The van der Waals surface area contributed by atoms with Crippen LogP contribution in [0.3, 0.4) is 0 Å². The number of morpholine rings is 1. The van der Waals surface area contributed by atoms with E-state index in [1.807, 2.05) is 36.4 Å². The Kier molecular flexibility index (Phi) is 8.08. The average molecular weight is 532 g/mol. The van der Waals surface area contributed by atoms with Crippen molar-refractivity contribution in [2.45, 2.75) is 9.92 Å². The van der Waals surface area contributed by atoms with Crippen LogP contribution in [0.4, 0.5) is 17.3 Å². The molecule has 0 unspecified atom stereocenters. The van der Waals surface area contributed by atoms with Gasteiger partial charge >= 0.3 is 5.91 Å². The van der Waals surface area contributed by atoms with Crippen molar-refractivity contribution in [3.05, 3.63) is 66.2 Å². The second-order valence-electron chi connectivity index (χ2n) is 7.99. The summed E-state index contributed by atoms with van der Waals surface area (Å²) in [5, 5.41) is 8.15. The molecule has 0 spiro atoms. The van der Waals surface area contributed by atoms with E-state index in [2.05, 4.69) is 47.3 Å². The Bertz CT molecular complexity index is 1470. The largest absolute Gasteiger partial charge is 0.379 e. The molecular weight excluding hydrogens is 510 g/mol. The zero-order valence-electron chi connectivity index (χ0n) is 19.6. The van der Waals surface area contributed by atoms with Crippen molar-refractivity contribution in [2.24, 2.45) is 0 Å². The Balaban J connectivity index is 1.28. The van der Waals surface area contributed by atoms with Crippen LogP contribution < -0.4 is 10.6 Å². The molecule has 9 nitrogen and oxygen atoms in total. The Morgan fingerprint density at radius 1 is 1.11 bits per heavy atom. The fourth-order valence-corrected chi connectivity index (χ4v) is 4.66. The number of nitrogens with zero attached hydrogens (tertiary/aromatic N) is 5. The molecule has 1 saturated heterocycles. The lowest BCUT2D eigenvalue weighted by molar-refractivity contribution is -0.111. The van der Waals surface area contributed by atoms with Gasteiger partial charge in [0.25, 0.3) is 0 Å². The van der Waals surface area contributed by atoms with Crippen molar-refractivity contribution in [1.82, 2.24) is 24.8 Å². The molecule has 37 heavy (non-hydrogen) atoms. The van der Waals surface area contributed by atoms with E-state index in [1.165, 1.54) is 18.1 Å². The average Bonchev–Trinajstić information content (AvgIpc) is 2.92. The van der Waals surface area contributed by atoms with E-state index in [4.69, 9.17) is 16.3 Å². The number of carbonyl (C=O) groups is 1. The molecule has 0 bridgehead atoms. The van der Waals surface area contributed by atoms with E-state index in [-0.39, 0.29) is 0 Å². The van der Waals surface area contributed by atoms with Gasteiger partial charge < -0.3 is 10.1 Å². The van der Waals surface area contributed by atoms with Crippen LogP contribution in [0.15, 0.2) is 71.1 Å². The van der Waals surface area contributed by atoms with Gasteiger partial charge in [0.05, 0.1) is 36.5 Å². The first-order valence-electron chi connectivity index (χ1n) is 11.5. The lowest BCUT2D eigenvalue weighted by Crippen LogP contribution is -2.36. The number of nitrogens with one attached hydrogen (secondary N) is 2. The number of hydrogen-bond donors (Lipinski definition) is 2. The Morgan fingerprint density at radius 3 is 2.81 bits per heavy atom. The van der Waals surface area contributed by atoms with Crippen LogP contribution in [0, 0.1) is 11.8 Å². The molecule has 0 saturated carbocycles. The molecular formula is C26H22ClN7O2S. The summed E-state index contributed by atoms with van der Waals surface area (Å²) in [6.07, 6.45) is 4.78. The van der Waals surface area contributed by atoms with E-state index in [0.717, 1.165) is 28.7 Å². The highest BCUT2D eigenvalue weighted by molar-refractivity contribution is 7.99. The minimum absolute atomic E-state index is 0.358. The molecule has 1 aromatic carbocycles. The van der Waals surface area contributed by atoms with Crippen molar-refractivity contribution in [2.75, 3.05) is 43.5 Å². The normalized spacial score (nSPS) is 13.5. The summed E-state index contributed by atoms with van der Waals surface area (Å²) in [7, 11) is 0. The topological polar surface area (TPSA) is 105 Å². The maximum atomic E-state index is 12.3. The van der Waals surface area contributed by atoms with Gasteiger partial charge in [0.1, 0.15) is 23.0 Å². The quantitative estimate of drug-likeness (QED) is 0.353. The summed E-state index contributed by atoms with van der Waals surface area (Å²) in [5.74, 6) is 6.01. The van der Waals surface area contributed by atoms with Crippen molar-refractivity contribution in [1.29, 1.82) is 0 Å². The highest BCUT2D eigenvalue weighted by Crippen LogP contribution is 2.35. The van der Waals surface area contributed by atoms with Gasteiger partial charge in [-0.1, -0.05) is 35.3 Å². The molecule has 0 aliphatic carbocycles. The predicted molar refractivity (Wildman–Crippen MR) is 144 cm³/mol. The van der Waals surface area contributed by atoms with Crippen LogP contribution in [0.1, 0.15) is 0 Å². The number of pyridine rings is 2. The summed E-state index contributed by atoms with van der Waals surface area (Å²) in [6.45, 7) is 3.53. The van der Waals surface area contributed by atoms with Gasteiger partial charge in [-0.3, -0.25) is 15.0 Å². The number of carbonyl (C=O) groups excluding carboxylic acids is 1. The summed E-state index contributed by atoms with van der Waals surface area (Å²) < 4.78 is 5.32. The smallest absolute Gasteiger partial charge is 0.301 e. The minimum Gasteiger partial charge on any atom is -0.379 e. The number of benzene rings is 1. The van der Waals surface area contributed by atoms with E-state index < -0.39 is 5.91 Å². The summed E-state index contributed by atoms with van der Waals surface area (Å²) in [5.41, 5.74) is 1.38. The number of amides is 1. The molecule has 3 aromatic heterocycles. The second-order valence-corrected chi connectivity index (χ2v) is 9.46. The number of rotatable bonds is 6. The molecule has 4 aromatic rings. The van der Waals surface area contributed by atoms with E-state index in [9.17, 15) is 4.79 Å². The lowest BCUT2D eigenvalue weighted by Gasteiger charge is -2.24. The standard InChI is InChI=1S/C26H22ClN7O2S/c27-20-14-18(6-7-22(20)37-25-5-1-2-8-28-25)32-26-19-15-23(29-16-21(19)30-17-31-26)33-24(35)4-3-9-34-10-12-36-13-11-34/h1-2,5-8,14-17H,9-13H2,(H,29,33,35)(H,30,31,32). The molecule has 1 fully saturated rings. The number of halogens is 1. The van der Waals surface area contributed by atoms with Crippen molar-refractivity contribution in [3.8, 4) is 11.8 Å². The third-order valence-electron chi connectivity index (χ3n) is 5.42. The summed E-state index contributed by atoms with van der Waals surface area (Å²) in [4.78, 5) is 32.6. The molecule has 1 aliphatic heterocycles. The number of hydrogen-bond acceptors (Lipinski definition) is 9. The zero-order valence-corrected chi connectivity index (χ0v) is 21.2. The highest BCUT2D eigenvalue weighted by atomic mass is 35.5. The molecule has 186 valence electrons. The molecule has 1 aliphatic rings. The number of anilines is 3. The second kappa shape index (κ2) is 12.0. The van der Waals surface area contributed by atoms with E-state index in [1.54, 1.807) is 18.5 Å². The number of aromatic nitrogens is 4. The van der Waals surface area contributed by atoms with Crippen LogP contribution in [0.5, 0.6) is 0 Å². The van der Waals surface area contributed by atoms with Crippen LogP contribution in [0.2, 0.25) is 5.02 Å².